The van der Waals surface area contributed by atoms with Gasteiger partial charge in [0.1, 0.15) is 0 Å². The van der Waals surface area contributed by atoms with E-state index in [-0.39, 0.29) is 0 Å². The molecule has 40 valence electrons. The van der Waals surface area contributed by atoms with E-state index >= 15 is 0 Å². The molecule has 0 amide bonds. The topological polar surface area (TPSA) is 12.0 Å². The molecule has 7 heavy (non-hydrogen) atoms. The molecule has 1 aliphatic rings. The number of hydrogen-bond donors (Lipinski definition) is 1. The van der Waals surface area contributed by atoms with Gasteiger partial charge in [-0.05, 0) is 18.5 Å². The van der Waals surface area contributed by atoms with E-state index in [9.17, 15) is 4.39 Å². The van der Waals surface area contributed by atoms with Crippen molar-refractivity contribution in [2.75, 3.05) is 13.1 Å². The van der Waals surface area contributed by atoms with Gasteiger partial charge >= 0.3 is 0 Å². The van der Waals surface area contributed by atoms with Crippen LogP contribution in [0, 0.1) is 0 Å². The third kappa shape index (κ3) is 0.996. The molecule has 0 atom stereocenters. The van der Waals surface area contributed by atoms with Crippen molar-refractivity contribution in [3.63, 3.8) is 0 Å². The molecule has 1 fully saturated rings. The minimum atomic E-state index is 0.694. The predicted molar refractivity (Wildman–Crippen MR) is 26.7 cm³/mol. The second kappa shape index (κ2) is 2.07. The first-order valence-corrected chi connectivity index (χ1v) is 2.42. The average molecular weight is 101 g/mol. The van der Waals surface area contributed by atoms with Gasteiger partial charge in [-0.15, -0.1) is 0 Å². The Kier molecular flexibility index (Phi) is 1.42. The van der Waals surface area contributed by atoms with Crippen molar-refractivity contribution in [3.8, 4) is 0 Å². The van der Waals surface area contributed by atoms with E-state index < -0.39 is 0 Å². The summed E-state index contributed by atoms with van der Waals surface area (Å²) in [5, 5.41) is 3.01. The van der Waals surface area contributed by atoms with Crippen molar-refractivity contribution in [3.05, 3.63) is 11.9 Å². The van der Waals surface area contributed by atoms with E-state index in [4.69, 9.17) is 0 Å². The highest BCUT2D eigenvalue weighted by Gasteiger charge is 2.03. The van der Waals surface area contributed by atoms with Gasteiger partial charge in [0.05, 0.1) is 6.33 Å². The largest absolute Gasteiger partial charge is 0.313 e. The summed E-state index contributed by atoms with van der Waals surface area (Å²) in [4.78, 5) is 0. The van der Waals surface area contributed by atoms with E-state index in [1.54, 1.807) is 0 Å². The van der Waals surface area contributed by atoms with Crippen LogP contribution in [0.15, 0.2) is 11.9 Å². The van der Waals surface area contributed by atoms with Gasteiger partial charge in [-0.1, -0.05) is 0 Å². The first-order chi connectivity index (χ1) is 3.43. The number of hydrogen-bond acceptors (Lipinski definition) is 1. The van der Waals surface area contributed by atoms with Crippen molar-refractivity contribution in [2.45, 2.75) is 6.42 Å². The molecule has 0 saturated carbocycles. The maximum Gasteiger partial charge on any atom is 0.0872 e. The summed E-state index contributed by atoms with van der Waals surface area (Å²) >= 11 is 0. The predicted octanol–water partition coefficient (Wildman–Crippen LogP) is 0.833. The van der Waals surface area contributed by atoms with E-state index in [0.717, 1.165) is 25.1 Å². The molecule has 0 unspecified atom stereocenters. The fourth-order valence-corrected chi connectivity index (χ4v) is 0.679. The highest BCUT2D eigenvalue weighted by molar-refractivity contribution is 5.04. The first kappa shape index (κ1) is 4.78. The van der Waals surface area contributed by atoms with Crippen LogP contribution in [0.1, 0.15) is 6.42 Å². The van der Waals surface area contributed by atoms with Gasteiger partial charge in [-0.2, -0.15) is 0 Å². The molecule has 1 heterocycles. The van der Waals surface area contributed by atoms with Crippen LogP contribution in [0.3, 0.4) is 0 Å². The van der Waals surface area contributed by atoms with Crippen LogP contribution in [0.4, 0.5) is 4.39 Å². The van der Waals surface area contributed by atoms with Crippen LogP contribution in [-0.2, 0) is 0 Å². The molecule has 0 aromatic carbocycles. The highest BCUT2D eigenvalue weighted by Crippen LogP contribution is 2.03. The smallest absolute Gasteiger partial charge is 0.0872 e. The maximum atomic E-state index is 11.5. The van der Waals surface area contributed by atoms with Gasteiger partial charge in [0.15, 0.2) is 0 Å². The Morgan fingerprint density at radius 3 is 2.86 bits per heavy atom. The lowest BCUT2D eigenvalue weighted by Gasteiger charge is -1.82. The van der Waals surface area contributed by atoms with Gasteiger partial charge in [-0.25, -0.2) is 4.39 Å². The van der Waals surface area contributed by atoms with Crippen molar-refractivity contribution in [1.29, 1.82) is 0 Å². The molecule has 1 nitrogen and oxygen atoms in total. The summed E-state index contributed by atoms with van der Waals surface area (Å²) < 4.78 is 11.5. The molecular weight excluding hydrogens is 93.1 g/mol. The summed E-state index contributed by atoms with van der Waals surface area (Å²) in [6.45, 7) is 1.69. The van der Waals surface area contributed by atoms with Gasteiger partial charge in [0.2, 0.25) is 0 Å². The van der Waals surface area contributed by atoms with Crippen molar-refractivity contribution >= 4 is 0 Å². The number of rotatable bonds is 0. The van der Waals surface area contributed by atoms with E-state index in [2.05, 4.69) is 5.32 Å². The van der Waals surface area contributed by atoms with Crippen LogP contribution >= 0.6 is 0 Å². The quantitative estimate of drug-likeness (QED) is 0.476. The zero-order valence-corrected chi connectivity index (χ0v) is 4.08. The van der Waals surface area contributed by atoms with Crippen LogP contribution < -0.4 is 5.32 Å². The molecule has 0 bridgehead atoms. The molecule has 1 rings (SSSR count). The van der Waals surface area contributed by atoms with Gasteiger partial charge < -0.3 is 5.32 Å². The van der Waals surface area contributed by atoms with Crippen molar-refractivity contribution < 1.29 is 4.39 Å². The molecule has 1 saturated heterocycles. The monoisotopic (exact) mass is 101 g/mol. The standard InChI is InChI=1S/C5H8FN/c6-3-5-1-2-7-4-5/h3,7H,1-2,4H2. The summed E-state index contributed by atoms with van der Waals surface area (Å²) in [6.07, 6.45) is 1.58. The lowest BCUT2D eigenvalue weighted by atomic mass is 10.3. The Morgan fingerprint density at radius 1 is 1.71 bits per heavy atom. The Morgan fingerprint density at radius 2 is 2.57 bits per heavy atom. The van der Waals surface area contributed by atoms with Gasteiger partial charge in [0, 0.05) is 6.54 Å². The third-order valence-electron chi connectivity index (χ3n) is 1.13. The normalized spacial score (nSPS) is 26.7. The number of nitrogens with one attached hydrogen (secondary N) is 1. The van der Waals surface area contributed by atoms with Crippen LogP contribution in [0.2, 0.25) is 0 Å². The molecule has 1 aliphatic heterocycles. The summed E-state index contributed by atoms with van der Waals surface area (Å²) in [5.41, 5.74) is 0.889. The Hall–Kier alpha value is -0.370. The lowest BCUT2D eigenvalue weighted by Crippen LogP contribution is -2.04. The lowest BCUT2D eigenvalue weighted by molar-refractivity contribution is 0.705. The second-order valence-corrected chi connectivity index (χ2v) is 1.69. The summed E-state index contributed by atoms with van der Waals surface area (Å²) in [7, 11) is 0. The maximum absolute atomic E-state index is 11.5. The van der Waals surface area contributed by atoms with Gasteiger partial charge in [0.25, 0.3) is 0 Å². The average Bonchev–Trinajstić information content (AvgIpc) is 2.14. The molecule has 0 aliphatic carbocycles. The Bertz CT molecular complexity index is 80.1. The zero-order valence-electron chi connectivity index (χ0n) is 4.08. The first-order valence-electron chi connectivity index (χ1n) is 2.42. The minimum Gasteiger partial charge on any atom is -0.313 e. The Labute approximate surface area is 42.2 Å². The minimum absolute atomic E-state index is 0.694. The molecule has 0 radical (unpaired) electrons. The van der Waals surface area contributed by atoms with Crippen molar-refractivity contribution in [1.82, 2.24) is 5.32 Å². The van der Waals surface area contributed by atoms with Crippen LogP contribution in [0.25, 0.3) is 0 Å². The van der Waals surface area contributed by atoms with E-state index in [1.807, 2.05) is 0 Å². The molecular formula is C5H8FN. The highest BCUT2D eigenvalue weighted by atomic mass is 19.1. The fourth-order valence-electron chi connectivity index (χ4n) is 0.679. The third-order valence-corrected chi connectivity index (χ3v) is 1.13. The van der Waals surface area contributed by atoms with Gasteiger partial charge in [-0.3, -0.25) is 0 Å². The van der Waals surface area contributed by atoms with E-state index in [1.165, 1.54) is 0 Å². The molecule has 1 N–H and O–H groups in total. The summed E-state index contributed by atoms with van der Waals surface area (Å²) in [5.74, 6) is 0. The van der Waals surface area contributed by atoms with E-state index in [0.29, 0.717) is 6.33 Å². The molecule has 2 heteroatoms. The molecule has 0 spiro atoms. The molecule has 0 aromatic rings. The SMILES string of the molecule is FC=C1CCNC1. The van der Waals surface area contributed by atoms with Crippen LogP contribution in [-0.4, -0.2) is 13.1 Å². The molecule has 0 aromatic heterocycles. The zero-order chi connectivity index (χ0) is 5.11. The van der Waals surface area contributed by atoms with Crippen LogP contribution in [0.5, 0.6) is 0 Å². The fraction of sp³-hybridized carbons (Fsp3) is 0.600. The number of halogens is 1. The second-order valence-electron chi connectivity index (χ2n) is 1.69. The summed E-state index contributed by atoms with van der Waals surface area (Å²) in [6, 6.07) is 0. The van der Waals surface area contributed by atoms with Crippen molar-refractivity contribution in [2.24, 2.45) is 0 Å². The Balaban J connectivity index is 2.41.